The maximum absolute atomic E-state index is 13.4. The zero-order valence-electron chi connectivity index (χ0n) is 16.9. The van der Waals surface area contributed by atoms with Gasteiger partial charge in [-0.05, 0) is 31.0 Å². The van der Waals surface area contributed by atoms with Gasteiger partial charge in [0, 0.05) is 25.6 Å². The van der Waals surface area contributed by atoms with E-state index >= 15 is 0 Å². The van der Waals surface area contributed by atoms with Gasteiger partial charge in [-0.2, -0.15) is 13.2 Å². The Morgan fingerprint density at radius 1 is 1.13 bits per heavy atom. The maximum Gasteiger partial charge on any atom is 0.418 e. The molecule has 2 aliphatic rings. The van der Waals surface area contributed by atoms with Crippen LogP contribution in [0.4, 0.5) is 29.3 Å². The predicted molar refractivity (Wildman–Crippen MR) is 105 cm³/mol. The SMILES string of the molecule is CC(=O)Nc1ccc(NC(=O)CCN2C(=O)NC3(CCCCC3)C2=O)c(C(F)(F)F)c1. The first-order chi connectivity index (χ1) is 14.5. The highest BCUT2D eigenvalue weighted by Gasteiger charge is 2.51. The van der Waals surface area contributed by atoms with Gasteiger partial charge in [0.2, 0.25) is 11.8 Å². The fourth-order valence-corrected chi connectivity index (χ4v) is 3.97. The topological polar surface area (TPSA) is 108 Å². The van der Waals surface area contributed by atoms with Crippen LogP contribution in [0.25, 0.3) is 0 Å². The zero-order chi connectivity index (χ0) is 22.8. The van der Waals surface area contributed by atoms with Crippen molar-refractivity contribution in [3.05, 3.63) is 23.8 Å². The molecule has 1 aromatic rings. The van der Waals surface area contributed by atoms with Crippen LogP contribution in [0, 0.1) is 0 Å². The largest absolute Gasteiger partial charge is 0.418 e. The van der Waals surface area contributed by atoms with Gasteiger partial charge >= 0.3 is 12.2 Å². The standard InChI is InChI=1S/C20H23F3N4O4/c1-12(28)24-13-5-6-15(14(11-13)20(21,22)23)25-16(29)7-10-27-17(30)19(26-18(27)31)8-3-2-4-9-19/h5-6,11H,2-4,7-10H2,1H3,(H,24,28)(H,25,29)(H,26,31). The third-order valence-corrected chi connectivity index (χ3v) is 5.43. The molecule has 0 unspecified atom stereocenters. The summed E-state index contributed by atoms with van der Waals surface area (Å²) < 4.78 is 40.1. The van der Waals surface area contributed by atoms with E-state index in [9.17, 15) is 32.3 Å². The Labute approximate surface area is 176 Å². The Hall–Kier alpha value is -3.11. The molecule has 0 aromatic heterocycles. The number of amides is 5. The number of halogens is 3. The lowest BCUT2D eigenvalue weighted by molar-refractivity contribution is -0.137. The molecular weight excluding hydrogens is 417 g/mol. The van der Waals surface area contributed by atoms with Gasteiger partial charge in [0.05, 0.1) is 11.3 Å². The minimum atomic E-state index is -4.77. The van der Waals surface area contributed by atoms with E-state index in [4.69, 9.17) is 0 Å². The molecule has 1 aliphatic heterocycles. The second kappa shape index (κ2) is 8.56. The van der Waals surface area contributed by atoms with Crippen LogP contribution in [0.1, 0.15) is 51.0 Å². The number of rotatable bonds is 5. The average molecular weight is 440 g/mol. The number of carbonyl (C=O) groups excluding carboxylic acids is 4. The van der Waals surface area contributed by atoms with Crippen molar-refractivity contribution < 1.29 is 32.3 Å². The number of carbonyl (C=O) groups is 4. The van der Waals surface area contributed by atoms with E-state index in [0.717, 1.165) is 43.2 Å². The molecule has 168 valence electrons. The summed E-state index contributed by atoms with van der Waals surface area (Å²) in [5, 5.41) is 7.15. The lowest BCUT2D eigenvalue weighted by atomic mass is 9.82. The summed E-state index contributed by atoms with van der Waals surface area (Å²) >= 11 is 0. The van der Waals surface area contributed by atoms with Gasteiger partial charge in [0.1, 0.15) is 5.54 Å². The van der Waals surface area contributed by atoms with Gasteiger partial charge < -0.3 is 16.0 Å². The van der Waals surface area contributed by atoms with Crippen molar-refractivity contribution >= 4 is 35.1 Å². The summed E-state index contributed by atoms with van der Waals surface area (Å²) in [4.78, 5) is 49.2. The second-order valence-corrected chi connectivity index (χ2v) is 7.77. The number of nitrogens with zero attached hydrogens (tertiary/aromatic N) is 1. The molecule has 11 heteroatoms. The number of alkyl halides is 3. The molecule has 8 nitrogen and oxygen atoms in total. The van der Waals surface area contributed by atoms with Crippen molar-refractivity contribution in [1.29, 1.82) is 0 Å². The number of imide groups is 1. The molecule has 1 aromatic carbocycles. The summed E-state index contributed by atoms with van der Waals surface area (Å²) in [5.74, 6) is -1.70. The summed E-state index contributed by atoms with van der Waals surface area (Å²) in [5.41, 5.74) is -2.58. The molecule has 1 saturated heterocycles. The summed E-state index contributed by atoms with van der Waals surface area (Å²) in [7, 11) is 0. The molecule has 0 atom stereocenters. The van der Waals surface area contributed by atoms with Crippen LogP contribution in [0.5, 0.6) is 0 Å². The number of nitrogens with one attached hydrogen (secondary N) is 3. The van der Waals surface area contributed by atoms with Gasteiger partial charge in [-0.15, -0.1) is 0 Å². The lowest BCUT2D eigenvalue weighted by Crippen LogP contribution is -2.48. The van der Waals surface area contributed by atoms with Crippen molar-refractivity contribution in [2.75, 3.05) is 17.2 Å². The first-order valence-corrected chi connectivity index (χ1v) is 9.95. The third-order valence-electron chi connectivity index (χ3n) is 5.43. The van der Waals surface area contributed by atoms with Crippen LogP contribution < -0.4 is 16.0 Å². The molecule has 3 rings (SSSR count). The van der Waals surface area contributed by atoms with E-state index in [0.29, 0.717) is 12.8 Å². The molecule has 5 amide bonds. The first-order valence-electron chi connectivity index (χ1n) is 9.95. The molecular formula is C20H23F3N4O4. The number of hydrogen-bond donors (Lipinski definition) is 3. The Bertz CT molecular complexity index is 910. The fourth-order valence-electron chi connectivity index (χ4n) is 3.97. The van der Waals surface area contributed by atoms with Crippen molar-refractivity contribution in [2.24, 2.45) is 0 Å². The molecule has 1 aliphatic carbocycles. The zero-order valence-corrected chi connectivity index (χ0v) is 16.9. The smallest absolute Gasteiger partial charge is 0.326 e. The Balaban J connectivity index is 1.66. The van der Waals surface area contributed by atoms with E-state index in [1.807, 2.05) is 0 Å². The highest BCUT2D eigenvalue weighted by Crippen LogP contribution is 2.37. The van der Waals surface area contributed by atoms with Crippen LogP contribution in [-0.2, 0) is 20.6 Å². The van der Waals surface area contributed by atoms with Gasteiger partial charge in [-0.1, -0.05) is 19.3 Å². The molecule has 3 N–H and O–H groups in total. The van der Waals surface area contributed by atoms with Crippen molar-refractivity contribution in [3.63, 3.8) is 0 Å². The molecule has 1 saturated carbocycles. The Morgan fingerprint density at radius 3 is 2.42 bits per heavy atom. The van der Waals surface area contributed by atoms with E-state index in [2.05, 4.69) is 16.0 Å². The second-order valence-electron chi connectivity index (χ2n) is 7.77. The molecule has 31 heavy (non-hydrogen) atoms. The minimum Gasteiger partial charge on any atom is -0.326 e. The number of hydrogen-bond acceptors (Lipinski definition) is 4. The van der Waals surface area contributed by atoms with Crippen molar-refractivity contribution in [2.45, 2.75) is 57.2 Å². The van der Waals surface area contributed by atoms with Gasteiger partial charge in [-0.3, -0.25) is 19.3 Å². The van der Waals surface area contributed by atoms with Crippen LogP contribution in [0.3, 0.4) is 0 Å². The highest BCUT2D eigenvalue weighted by atomic mass is 19.4. The molecule has 2 fully saturated rings. The normalized spacial score (nSPS) is 18.1. The Kier molecular flexibility index (Phi) is 6.23. The number of benzene rings is 1. The third kappa shape index (κ3) is 4.97. The van der Waals surface area contributed by atoms with E-state index in [1.165, 1.54) is 6.07 Å². The van der Waals surface area contributed by atoms with Crippen LogP contribution in [-0.4, -0.2) is 40.7 Å². The quantitative estimate of drug-likeness (QED) is 0.611. The highest BCUT2D eigenvalue weighted by molar-refractivity contribution is 6.07. The monoisotopic (exact) mass is 440 g/mol. The van der Waals surface area contributed by atoms with E-state index < -0.39 is 40.8 Å². The van der Waals surface area contributed by atoms with Crippen LogP contribution >= 0.6 is 0 Å². The fraction of sp³-hybridized carbons (Fsp3) is 0.500. The predicted octanol–water partition coefficient (Wildman–Crippen LogP) is 3.25. The van der Waals surface area contributed by atoms with Crippen LogP contribution in [0.2, 0.25) is 0 Å². The number of anilines is 2. The van der Waals surface area contributed by atoms with Gasteiger partial charge in [0.25, 0.3) is 5.91 Å². The maximum atomic E-state index is 13.4. The van der Waals surface area contributed by atoms with E-state index in [-0.39, 0.29) is 24.6 Å². The average Bonchev–Trinajstić information content (AvgIpc) is 2.90. The Morgan fingerprint density at radius 2 is 1.81 bits per heavy atom. The van der Waals surface area contributed by atoms with Crippen molar-refractivity contribution in [1.82, 2.24) is 10.2 Å². The van der Waals surface area contributed by atoms with Gasteiger partial charge in [0.15, 0.2) is 0 Å². The summed E-state index contributed by atoms with van der Waals surface area (Å²) in [6, 6.07) is 2.41. The lowest BCUT2D eigenvalue weighted by Gasteiger charge is -2.30. The van der Waals surface area contributed by atoms with Gasteiger partial charge in [-0.25, -0.2) is 4.79 Å². The molecule has 0 radical (unpaired) electrons. The molecule has 0 bridgehead atoms. The molecule has 1 heterocycles. The van der Waals surface area contributed by atoms with Crippen molar-refractivity contribution in [3.8, 4) is 0 Å². The summed E-state index contributed by atoms with van der Waals surface area (Å²) in [6.45, 7) is 0.930. The molecule has 1 spiro atoms. The van der Waals surface area contributed by atoms with E-state index in [1.54, 1.807) is 0 Å². The summed E-state index contributed by atoms with van der Waals surface area (Å²) in [6.07, 6.45) is -1.43. The first kappa shape index (κ1) is 22.6. The number of urea groups is 1. The minimum absolute atomic E-state index is 0.0602. The van der Waals surface area contributed by atoms with Crippen LogP contribution in [0.15, 0.2) is 18.2 Å².